The van der Waals surface area contributed by atoms with E-state index >= 15 is 0 Å². The maximum atomic E-state index is 5.93. The Morgan fingerprint density at radius 1 is 1.44 bits per heavy atom. The van der Waals surface area contributed by atoms with Gasteiger partial charge in [0.1, 0.15) is 18.1 Å². The normalized spacial score (nSPS) is 21.4. The highest BCUT2D eigenvalue weighted by Crippen LogP contribution is 2.21. The zero-order valence-electron chi connectivity index (χ0n) is 8.43. The Labute approximate surface area is 96.6 Å². The lowest BCUT2D eigenvalue weighted by Crippen LogP contribution is -2.36. The first-order chi connectivity index (χ1) is 7.86. The quantitative estimate of drug-likeness (QED) is 0.739. The maximum Gasteiger partial charge on any atom is 0.166 e. The molecule has 1 N–H and O–H groups in total. The summed E-state index contributed by atoms with van der Waals surface area (Å²) in [6, 6.07) is 0. The van der Waals surface area contributed by atoms with Gasteiger partial charge >= 0.3 is 0 Å². The van der Waals surface area contributed by atoms with Crippen LogP contribution in [0, 0.1) is 0 Å². The van der Waals surface area contributed by atoms with Crippen LogP contribution in [0.4, 0.5) is 0 Å². The first-order valence-corrected chi connectivity index (χ1v) is 5.39. The Balaban J connectivity index is 2.06. The number of ether oxygens (including phenoxy) is 1. The molecule has 0 radical (unpaired) electrons. The molecule has 2 aromatic heterocycles. The van der Waals surface area contributed by atoms with Crippen molar-refractivity contribution < 1.29 is 4.74 Å². The summed E-state index contributed by atoms with van der Waals surface area (Å²) in [5.74, 6) is 0. The van der Waals surface area contributed by atoms with Crippen LogP contribution in [-0.2, 0) is 4.74 Å². The van der Waals surface area contributed by atoms with Crippen molar-refractivity contribution in [2.24, 2.45) is 0 Å². The number of aromatic nitrogens is 4. The van der Waals surface area contributed by atoms with Crippen LogP contribution < -0.4 is 5.32 Å². The van der Waals surface area contributed by atoms with Crippen molar-refractivity contribution in [3.05, 3.63) is 17.8 Å². The first kappa shape index (κ1) is 9.95. The monoisotopic (exact) mass is 239 g/mol. The molecule has 0 aliphatic carbocycles. The highest BCUT2D eigenvalue weighted by molar-refractivity contribution is 6.33. The van der Waals surface area contributed by atoms with Crippen molar-refractivity contribution in [3.63, 3.8) is 0 Å². The molecule has 0 bridgehead atoms. The second-order valence-electron chi connectivity index (χ2n) is 3.52. The van der Waals surface area contributed by atoms with Crippen molar-refractivity contribution in [2.75, 3.05) is 19.7 Å². The van der Waals surface area contributed by atoms with Crippen molar-refractivity contribution >= 4 is 22.8 Å². The fourth-order valence-electron chi connectivity index (χ4n) is 1.76. The van der Waals surface area contributed by atoms with Crippen LogP contribution >= 0.6 is 11.6 Å². The summed E-state index contributed by atoms with van der Waals surface area (Å²) >= 11 is 5.93. The van der Waals surface area contributed by atoms with E-state index in [-0.39, 0.29) is 6.23 Å². The standard InChI is InChI=1S/C9H10ClN5O/c10-8-7-9(13-4-12-8)15(5-14-7)6-3-11-1-2-16-6/h4-6,11H,1-3H2. The van der Waals surface area contributed by atoms with E-state index in [1.807, 2.05) is 4.57 Å². The molecule has 1 atom stereocenters. The molecular weight excluding hydrogens is 230 g/mol. The number of halogens is 1. The maximum absolute atomic E-state index is 5.93. The van der Waals surface area contributed by atoms with Crippen molar-refractivity contribution in [2.45, 2.75) is 6.23 Å². The van der Waals surface area contributed by atoms with Crippen LogP contribution in [0.5, 0.6) is 0 Å². The van der Waals surface area contributed by atoms with E-state index in [0.717, 1.165) is 13.1 Å². The van der Waals surface area contributed by atoms with Crippen molar-refractivity contribution in [1.82, 2.24) is 24.8 Å². The van der Waals surface area contributed by atoms with Gasteiger partial charge in [0.25, 0.3) is 0 Å². The van der Waals surface area contributed by atoms with Gasteiger partial charge in [0.15, 0.2) is 10.8 Å². The number of nitrogens with one attached hydrogen (secondary N) is 1. The molecule has 1 fully saturated rings. The zero-order chi connectivity index (χ0) is 11.0. The molecule has 16 heavy (non-hydrogen) atoms. The summed E-state index contributed by atoms with van der Waals surface area (Å²) in [6.07, 6.45) is 3.03. The molecule has 0 aromatic carbocycles. The molecule has 1 unspecified atom stereocenters. The molecule has 1 saturated heterocycles. The van der Waals surface area contributed by atoms with Crippen LogP contribution in [-0.4, -0.2) is 39.2 Å². The Kier molecular flexibility index (Phi) is 2.47. The molecule has 2 aromatic rings. The molecular formula is C9H10ClN5O. The number of hydrogen-bond donors (Lipinski definition) is 1. The number of morpholine rings is 1. The minimum Gasteiger partial charge on any atom is -0.355 e. The molecule has 7 heteroatoms. The summed E-state index contributed by atoms with van der Waals surface area (Å²) in [5.41, 5.74) is 1.31. The van der Waals surface area contributed by atoms with Gasteiger partial charge in [-0.05, 0) is 0 Å². The fraction of sp³-hybridized carbons (Fsp3) is 0.444. The van der Waals surface area contributed by atoms with Gasteiger partial charge in [-0.25, -0.2) is 15.0 Å². The minimum atomic E-state index is -0.0790. The van der Waals surface area contributed by atoms with Gasteiger partial charge in [0.2, 0.25) is 0 Å². The average Bonchev–Trinajstić information content (AvgIpc) is 2.75. The third kappa shape index (κ3) is 1.55. The smallest absolute Gasteiger partial charge is 0.166 e. The Morgan fingerprint density at radius 3 is 3.19 bits per heavy atom. The number of imidazole rings is 1. The van der Waals surface area contributed by atoms with E-state index in [9.17, 15) is 0 Å². The molecule has 0 spiro atoms. The van der Waals surface area contributed by atoms with Gasteiger partial charge in [-0.2, -0.15) is 0 Å². The summed E-state index contributed by atoms with van der Waals surface area (Å²) in [4.78, 5) is 12.3. The fourth-order valence-corrected chi connectivity index (χ4v) is 1.94. The highest BCUT2D eigenvalue weighted by atomic mass is 35.5. The predicted molar refractivity (Wildman–Crippen MR) is 58.2 cm³/mol. The third-order valence-corrected chi connectivity index (χ3v) is 2.81. The number of hydrogen-bond acceptors (Lipinski definition) is 5. The lowest BCUT2D eigenvalue weighted by atomic mass is 10.4. The lowest BCUT2D eigenvalue weighted by molar-refractivity contribution is -0.0173. The predicted octanol–water partition coefficient (Wildman–Crippen LogP) is 0.598. The summed E-state index contributed by atoms with van der Waals surface area (Å²) < 4.78 is 7.50. The van der Waals surface area contributed by atoms with Gasteiger partial charge in [0, 0.05) is 13.1 Å². The van der Waals surface area contributed by atoms with Gasteiger partial charge in [-0.1, -0.05) is 11.6 Å². The Morgan fingerprint density at radius 2 is 2.38 bits per heavy atom. The van der Waals surface area contributed by atoms with Crippen molar-refractivity contribution in [1.29, 1.82) is 0 Å². The van der Waals surface area contributed by atoms with Crippen LogP contribution in [0.15, 0.2) is 12.7 Å². The minimum absolute atomic E-state index is 0.0790. The van der Waals surface area contributed by atoms with Gasteiger partial charge in [0.05, 0.1) is 12.9 Å². The summed E-state index contributed by atoms with van der Waals surface area (Å²) in [7, 11) is 0. The van der Waals surface area contributed by atoms with Crippen LogP contribution in [0.1, 0.15) is 6.23 Å². The molecule has 6 nitrogen and oxygen atoms in total. The highest BCUT2D eigenvalue weighted by Gasteiger charge is 2.19. The molecule has 0 saturated carbocycles. The van der Waals surface area contributed by atoms with E-state index in [1.54, 1.807) is 6.33 Å². The van der Waals surface area contributed by atoms with Crippen LogP contribution in [0.2, 0.25) is 5.15 Å². The molecule has 1 aliphatic rings. The van der Waals surface area contributed by atoms with E-state index < -0.39 is 0 Å². The average molecular weight is 240 g/mol. The number of fused-ring (bicyclic) bond motifs is 1. The molecule has 1 aliphatic heterocycles. The van der Waals surface area contributed by atoms with Crippen LogP contribution in [0.3, 0.4) is 0 Å². The number of rotatable bonds is 1. The molecule has 0 amide bonds. The topological polar surface area (TPSA) is 64.9 Å². The molecule has 3 rings (SSSR count). The second kappa shape index (κ2) is 3.97. The SMILES string of the molecule is Clc1ncnc2c1ncn2C1CNCCO1. The van der Waals surface area contributed by atoms with Gasteiger partial charge < -0.3 is 10.1 Å². The van der Waals surface area contributed by atoms with E-state index in [0.29, 0.717) is 22.9 Å². The van der Waals surface area contributed by atoms with E-state index in [4.69, 9.17) is 16.3 Å². The largest absolute Gasteiger partial charge is 0.355 e. The van der Waals surface area contributed by atoms with E-state index in [1.165, 1.54) is 6.33 Å². The van der Waals surface area contributed by atoms with Gasteiger partial charge in [-0.15, -0.1) is 0 Å². The van der Waals surface area contributed by atoms with Gasteiger partial charge in [-0.3, -0.25) is 4.57 Å². The molecule has 3 heterocycles. The lowest BCUT2D eigenvalue weighted by Gasteiger charge is -2.24. The Hall–Kier alpha value is -1.24. The second-order valence-corrected chi connectivity index (χ2v) is 3.88. The van der Waals surface area contributed by atoms with E-state index in [2.05, 4.69) is 20.3 Å². The third-order valence-electron chi connectivity index (χ3n) is 2.53. The Bertz CT molecular complexity index is 508. The first-order valence-electron chi connectivity index (χ1n) is 5.01. The zero-order valence-corrected chi connectivity index (χ0v) is 9.18. The summed E-state index contributed by atoms with van der Waals surface area (Å²) in [5, 5.41) is 3.62. The summed E-state index contributed by atoms with van der Waals surface area (Å²) in [6.45, 7) is 2.30. The van der Waals surface area contributed by atoms with Crippen LogP contribution in [0.25, 0.3) is 11.2 Å². The molecule has 84 valence electrons. The number of nitrogens with zero attached hydrogens (tertiary/aromatic N) is 4. The van der Waals surface area contributed by atoms with Crippen molar-refractivity contribution in [3.8, 4) is 0 Å².